The smallest absolute Gasteiger partial charge is 0.147 e. The van der Waals surface area contributed by atoms with Gasteiger partial charge in [0.1, 0.15) is 17.5 Å². The van der Waals surface area contributed by atoms with Crippen LogP contribution in [-0.2, 0) is 0 Å². The molecule has 1 fully saturated rings. The molecule has 0 atom stereocenters. The fraction of sp³-hybridized carbons (Fsp3) is 0.407. The van der Waals surface area contributed by atoms with Gasteiger partial charge in [0, 0.05) is 36.6 Å². The molecule has 0 radical (unpaired) electrons. The molecule has 1 aliphatic rings. The van der Waals surface area contributed by atoms with Crippen molar-refractivity contribution in [2.45, 2.75) is 52.1 Å². The first kappa shape index (κ1) is 23.6. The first-order valence-corrected chi connectivity index (χ1v) is 11.4. The third kappa shape index (κ3) is 5.77. The summed E-state index contributed by atoms with van der Waals surface area (Å²) in [6.45, 7) is 14.9. The summed E-state index contributed by atoms with van der Waals surface area (Å²) in [6, 6.07) is 11.0. The summed E-state index contributed by atoms with van der Waals surface area (Å²) in [5.41, 5.74) is 3.65. The SMILES string of the molecule is C=C/C(=C\C=C/C)CNc1nc2ccccc2c(N2CCC(NC(C)(C)C)CC2)c1C#N. The number of para-hydroxylation sites is 1. The number of allylic oxidation sites excluding steroid dienone is 3. The summed E-state index contributed by atoms with van der Waals surface area (Å²) in [5.74, 6) is 0.629. The molecule has 0 saturated carbocycles. The van der Waals surface area contributed by atoms with Crippen molar-refractivity contribution in [3.8, 4) is 6.07 Å². The van der Waals surface area contributed by atoms with Crippen LogP contribution in [-0.4, -0.2) is 36.2 Å². The van der Waals surface area contributed by atoms with Gasteiger partial charge in [-0.15, -0.1) is 0 Å². The van der Waals surface area contributed by atoms with Crippen LogP contribution in [0.1, 0.15) is 46.1 Å². The largest absolute Gasteiger partial charge is 0.370 e. The van der Waals surface area contributed by atoms with E-state index >= 15 is 0 Å². The number of fused-ring (bicyclic) bond motifs is 1. The second kappa shape index (κ2) is 10.5. The molecule has 0 aliphatic carbocycles. The van der Waals surface area contributed by atoms with Crippen molar-refractivity contribution >= 4 is 22.4 Å². The maximum absolute atomic E-state index is 10.1. The monoisotopic (exact) mass is 429 g/mol. The molecule has 0 unspecified atom stereocenters. The van der Waals surface area contributed by atoms with E-state index in [4.69, 9.17) is 4.98 Å². The van der Waals surface area contributed by atoms with Gasteiger partial charge in [-0.25, -0.2) is 4.98 Å². The van der Waals surface area contributed by atoms with Crippen LogP contribution in [0.5, 0.6) is 0 Å². The summed E-state index contributed by atoms with van der Waals surface area (Å²) in [4.78, 5) is 7.16. The molecule has 2 heterocycles. The zero-order valence-electron chi connectivity index (χ0n) is 19.8. The van der Waals surface area contributed by atoms with Crippen molar-refractivity contribution in [2.75, 3.05) is 29.9 Å². The maximum atomic E-state index is 10.1. The number of anilines is 2. The fourth-order valence-electron chi connectivity index (χ4n) is 4.22. The lowest BCUT2D eigenvalue weighted by molar-refractivity contribution is 0.317. The Morgan fingerprint density at radius 1 is 1.28 bits per heavy atom. The average Bonchev–Trinajstić information content (AvgIpc) is 2.77. The minimum absolute atomic E-state index is 0.106. The van der Waals surface area contributed by atoms with E-state index in [0.29, 0.717) is 24.0 Å². The highest BCUT2D eigenvalue weighted by molar-refractivity contribution is 5.97. The Bertz CT molecular complexity index is 1040. The Labute approximate surface area is 192 Å². The minimum atomic E-state index is 0.106. The van der Waals surface area contributed by atoms with E-state index in [1.165, 1.54) is 0 Å². The van der Waals surface area contributed by atoms with E-state index < -0.39 is 0 Å². The molecule has 168 valence electrons. The highest BCUT2D eigenvalue weighted by atomic mass is 15.2. The third-order valence-corrected chi connectivity index (χ3v) is 5.65. The second-order valence-corrected chi connectivity index (χ2v) is 9.29. The lowest BCUT2D eigenvalue weighted by Gasteiger charge is -2.38. The number of nitrogens with zero attached hydrogens (tertiary/aromatic N) is 3. The topological polar surface area (TPSA) is 64.0 Å². The van der Waals surface area contributed by atoms with Crippen LogP contribution < -0.4 is 15.5 Å². The minimum Gasteiger partial charge on any atom is -0.370 e. The van der Waals surface area contributed by atoms with Gasteiger partial charge in [-0.1, -0.05) is 49.1 Å². The number of aromatic nitrogens is 1. The van der Waals surface area contributed by atoms with Gasteiger partial charge >= 0.3 is 0 Å². The van der Waals surface area contributed by atoms with Crippen LogP contribution in [0.4, 0.5) is 11.5 Å². The van der Waals surface area contributed by atoms with Crippen molar-refractivity contribution in [1.82, 2.24) is 10.3 Å². The van der Waals surface area contributed by atoms with Gasteiger partial charge in [-0.2, -0.15) is 5.26 Å². The summed E-state index contributed by atoms with van der Waals surface area (Å²) < 4.78 is 0. The Morgan fingerprint density at radius 2 is 2.00 bits per heavy atom. The Balaban J connectivity index is 1.94. The van der Waals surface area contributed by atoms with Crippen LogP contribution in [0, 0.1) is 11.3 Å². The average molecular weight is 430 g/mol. The first-order valence-electron chi connectivity index (χ1n) is 11.4. The lowest BCUT2D eigenvalue weighted by atomic mass is 9.98. The Hall–Kier alpha value is -3.10. The predicted molar refractivity (Wildman–Crippen MR) is 136 cm³/mol. The number of pyridine rings is 1. The van der Waals surface area contributed by atoms with Crippen molar-refractivity contribution < 1.29 is 0 Å². The number of piperidine rings is 1. The molecule has 1 aromatic carbocycles. The molecule has 2 aromatic rings. The molecule has 0 bridgehead atoms. The summed E-state index contributed by atoms with van der Waals surface area (Å²) in [7, 11) is 0. The summed E-state index contributed by atoms with van der Waals surface area (Å²) in [5, 5.41) is 18.3. The molecule has 1 aliphatic heterocycles. The molecular weight excluding hydrogens is 394 g/mol. The number of hydrogen-bond acceptors (Lipinski definition) is 5. The van der Waals surface area contributed by atoms with E-state index in [1.807, 2.05) is 49.4 Å². The molecule has 0 amide bonds. The first-order chi connectivity index (χ1) is 15.4. The van der Waals surface area contributed by atoms with Crippen LogP contribution >= 0.6 is 0 Å². The predicted octanol–water partition coefficient (Wildman–Crippen LogP) is 5.56. The molecule has 5 nitrogen and oxygen atoms in total. The molecule has 32 heavy (non-hydrogen) atoms. The number of hydrogen-bond donors (Lipinski definition) is 2. The zero-order valence-corrected chi connectivity index (χ0v) is 19.8. The molecule has 0 spiro atoms. The number of nitrogens with one attached hydrogen (secondary N) is 2. The standard InChI is InChI=1S/C27H35N5/c1-6-8-11-20(7-2)19-29-26-23(18-28)25(22-12-9-10-13-24(22)30-26)32-16-14-21(15-17-32)31-27(3,4)5/h6-13,21,31H,2,14-17,19H2,1,3-5H3,(H,29,30)/b8-6-,20-11+. The molecular formula is C27H35N5. The van der Waals surface area contributed by atoms with Gasteiger partial charge < -0.3 is 15.5 Å². The van der Waals surface area contributed by atoms with Gasteiger partial charge in [0.05, 0.1) is 11.2 Å². The highest BCUT2D eigenvalue weighted by Gasteiger charge is 2.26. The summed E-state index contributed by atoms with van der Waals surface area (Å²) in [6.07, 6.45) is 9.91. The van der Waals surface area contributed by atoms with E-state index in [9.17, 15) is 5.26 Å². The van der Waals surface area contributed by atoms with Gasteiger partial charge in [0.15, 0.2) is 0 Å². The van der Waals surface area contributed by atoms with Crippen molar-refractivity contribution in [3.05, 3.63) is 66.3 Å². The Morgan fingerprint density at radius 3 is 2.62 bits per heavy atom. The molecule has 5 heteroatoms. The zero-order chi connectivity index (χ0) is 23.1. The van der Waals surface area contributed by atoms with E-state index in [1.54, 1.807) is 0 Å². The van der Waals surface area contributed by atoms with Gasteiger partial charge in [-0.05, 0) is 52.2 Å². The fourth-order valence-corrected chi connectivity index (χ4v) is 4.22. The molecule has 1 aromatic heterocycles. The van der Waals surface area contributed by atoms with E-state index in [0.717, 1.165) is 48.1 Å². The van der Waals surface area contributed by atoms with Gasteiger partial charge in [0.2, 0.25) is 0 Å². The second-order valence-electron chi connectivity index (χ2n) is 9.29. The van der Waals surface area contributed by atoms with Crippen LogP contribution in [0.2, 0.25) is 0 Å². The van der Waals surface area contributed by atoms with Gasteiger partial charge in [-0.3, -0.25) is 0 Å². The molecule has 3 rings (SSSR count). The Kier molecular flexibility index (Phi) is 7.71. The maximum Gasteiger partial charge on any atom is 0.147 e. The summed E-state index contributed by atoms with van der Waals surface area (Å²) >= 11 is 0. The van der Waals surface area contributed by atoms with Gasteiger partial charge in [0.25, 0.3) is 0 Å². The van der Waals surface area contributed by atoms with Crippen molar-refractivity contribution in [3.63, 3.8) is 0 Å². The van der Waals surface area contributed by atoms with Crippen LogP contribution in [0.25, 0.3) is 10.9 Å². The van der Waals surface area contributed by atoms with Crippen LogP contribution in [0.15, 0.2) is 60.7 Å². The number of rotatable bonds is 7. The number of benzene rings is 1. The quantitative estimate of drug-likeness (QED) is 0.564. The van der Waals surface area contributed by atoms with Crippen molar-refractivity contribution in [2.24, 2.45) is 0 Å². The normalized spacial score (nSPS) is 15.8. The molecule has 1 saturated heterocycles. The van der Waals surface area contributed by atoms with Crippen molar-refractivity contribution in [1.29, 1.82) is 5.26 Å². The highest BCUT2D eigenvalue weighted by Crippen LogP contribution is 2.35. The van der Waals surface area contributed by atoms with Crippen LogP contribution in [0.3, 0.4) is 0 Å². The molecule has 2 N–H and O–H groups in total. The van der Waals surface area contributed by atoms with E-state index in [2.05, 4.69) is 55.0 Å². The van der Waals surface area contributed by atoms with E-state index in [-0.39, 0.29) is 5.54 Å². The number of nitriles is 1. The third-order valence-electron chi connectivity index (χ3n) is 5.65. The lowest BCUT2D eigenvalue weighted by Crippen LogP contribution is -2.49.